The van der Waals surface area contributed by atoms with Crippen LogP contribution in [0.2, 0.25) is 0 Å². The number of likely N-dealkylation sites (tertiary alicyclic amines) is 1. The summed E-state index contributed by atoms with van der Waals surface area (Å²) in [6, 6.07) is 5.04. The van der Waals surface area contributed by atoms with Gasteiger partial charge >= 0.3 is 6.03 Å². The Morgan fingerprint density at radius 2 is 2.32 bits per heavy atom. The van der Waals surface area contributed by atoms with Crippen molar-refractivity contribution in [2.24, 2.45) is 0 Å². The Balaban J connectivity index is 1.38. The number of amides is 2. The van der Waals surface area contributed by atoms with Crippen LogP contribution in [-0.2, 0) is 6.54 Å². The van der Waals surface area contributed by atoms with Gasteiger partial charge in [-0.3, -0.25) is 0 Å². The summed E-state index contributed by atoms with van der Waals surface area (Å²) in [5, 5.41) is 10.6. The van der Waals surface area contributed by atoms with Gasteiger partial charge < -0.3 is 23.7 Å². The summed E-state index contributed by atoms with van der Waals surface area (Å²) in [5.41, 5.74) is 0.805. The first-order valence-corrected chi connectivity index (χ1v) is 8.05. The topological polar surface area (TPSA) is 110 Å². The molecule has 1 N–H and O–H groups in total. The van der Waals surface area contributed by atoms with Gasteiger partial charge in [0.15, 0.2) is 17.3 Å². The van der Waals surface area contributed by atoms with Gasteiger partial charge in [-0.1, -0.05) is 10.3 Å². The monoisotopic (exact) mass is 343 g/mol. The number of hydrogen-bond donors (Lipinski definition) is 1. The predicted octanol–water partition coefficient (Wildman–Crippen LogP) is 2.67. The SMILES string of the molecule is Cc1cc([C@@H]2CCCN2C(=O)NCc2noc(-c3ccco3)n2)on1. The quantitative estimate of drug-likeness (QED) is 0.775. The first kappa shape index (κ1) is 15.4. The second-order valence-electron chi connectivity index (χ2n) is 5.87. The summed E-state index contributed by atoms with van der Waals surface area (Å²) >= 11 is 0. The molecule has 25 heavy (non-hydrogen) atoms. The van der Waals surface area contributed by atoms with E-state index >= 15 is 0 Å². The predicted molar refractivity (Wildman–Crippen MR) is 84.2 cm³/mol. The molecular formula is C16H17N5O4. The van der Waals surface area contributed by atoms with Crippen LogP contribution in [0.5, 0.6) is 0 Å². The Labute approximate surface area is 143 Å². The van der Waals surface area contributed by atoms with Gasteiger partial charge in [-0.15, -0.1) is 0 Å². The van der Waals surface area contributed by atoms with E-state index in [4.69, 9.17) is 13.5 Å². The summed E-state index contributed by atoms with van der Waals surface area (Å²) < 4.78 is 15.6. The zero-order chi connectivity index (χ0) is 17.2. The molecule has 0 saturated carbocycles. The van der Waals surface area contributed by atoms with Crippen molar-refractivity contribution < 1.29 is 18.3 Å². The molecule has 1 atom stereocenters. The second-order valence-corrected chi connectivity index (χ2v) is 5.87. The highest BCUT2D eigenvalue weighted by molar-refractivity contribution is 5.74. The lowest BCUT2D eigenvalue weighted by Gasteiger charge is -2.22. The Bertz CT molecular complexity index is 854. The molecule has 0 spiro atoms. The molecule has 3 aromatic rings. The van der Waals surface area contributed by atoms with E-state index in [9.17, 15) is 4.79 Å². The van der Waals surface area contributed by atoms with Gasteiger partial charge in [-0.25, -0.2) is 4.79 Å². The smallest absolute Gasteiger partial charge is 0.318 e. The van der Waals surface area contributed by atoms with Gasteiger partial charge in [0, 0.05) is 12.6 Å². The molecule has 1 aliphatic rings. The number of nitrogens with one attached hydrogen (secondary N) is 1. The third-order valence-corrected chi connectivity index (χ3v) is 4.09. The molecule has 9 heteroatoms. The first-order chi connectivity index (χ1) is 12.2. The molecule has 2 amide bonds. The highest BCUT2D eigenvalue weighted by Gasteiger charge is 2.32. The maximum atomic E-state index is 12.5. The van der Waals surface area contributed by atoms with Crippen molar-refractivity contribution >= 4 is 6.03 Å². The van der Waals surface area contributed by atoms with Gasteiger partial charge in [0.1, 0.15) is 0 Å². The number of carbonyl (C=O) groups is 1. The number of urea groups is 1. The van der Waals surface area contributed by atoms with E-state index in [2.05, 4.69) is 20.6 Å². The van der Waals surface area contributed by atoms with Crippen LogP contribution in [0, 0.1) is 6.92 Å². The molecule has 0 aromatic carbocycles. The van der Waals surface area contributed by atoms with Gasteiger partial charge in [-0.05, 0) is 31.9 Å². The van der Waals surface area contributed by atoms with E-state index in [1.54, 1.807) is 17.0 Å². The van der Waals surface area contributed by atoms with Crippen LogP contribution in [0.3, 0.4) is 0 Å². The van der Waals surface area contributed by atoms with Crippen molar-refractivity contribution in [1.82, 2.24) is 25.5 Å². The molecule has 1 saturated heterocycles. The number of aromatic nitrogens is 3. The minimum Gasteiger partial charge on any atom is -0.459 e. The maximum absolute atomic E-state index is 12.5. The Kier molecular flexibility index (Phi) is 3.96. The highest BCUT2D eigenvalue weighted by Crippen LogP contribution is 2.32. The molecule has 9 nitrogen and oxygen atoms in total. The van der Waals surface area contributed by atoms with Crippen molar-refractivity contribution in [2.75, 3.05) is 6.54 Å². The molecule has 0 aliphatic carbocycles. The molecule has 130 valence electrons. The number of hydrogen-bond acceptors (Lipinski definition) is 7. The van der Waals surface area contributed by atoms with E-state index in [1.807, 2.05) is 13.0 Å². The number of rotatable bonds is 4. The standard InChI is InChI=1S/C16H17N5O4/c1-10-8-13(24-19-10)11-4-2-6-21(11)16(22)17-9-14-18-15(25-20-14)12-5-3-7-23-12/h3,5,7-8,11H,2,4,6,9H2,1H3,(H,17,22)/t11-/m0/s1. The van der Waals surface area contributed by atoms with E-state index in [0.717, 1.165) is 18.5 Å². The van der Waals surface area contributed by atoms with Crippen LogP contribution in [0.15, 0.2) is 37.9 Å². The summed E-state index contributed by atoms with van der Waals surface area (Å²) in [5.74, 6) is 1.87. The molecule has 1 fully saturated rings. The molecule has 4 heterocycles. The molecule has 0 radical (unpaired) electrons. The maximum Gasteiger partial charge on any atom is 0.318 e. The van der Waals surface area contributed by atoms with Gasteiger partial charge in [0.2, 0.25) is 0 Å². The van der Waals surface area contributed by atoms with Crippen LogP contribution in [-0.4, -0.2) is 32.8 Å². The summed E-state index contributed by atoms with van der Waals surface area (Å²) in [6.07, 6.45) is 3.30. The zero-order valence-electron chi connectivity index (χ0n) is 13.6. The Hall–Kier alpha value is -3.10. The van der Waals surface area contributed by atoms with E-state index in [1.165, 1.54) is 6.26 Å². The fourth-order valence-electron chi connectivity index (χ4n) is 2.93. The van der Waals surface area contributed by atoms with Crippen molar-refractivity contribution in [3.8, 4) is 11.7 Å². The lowest BCUT2D eigenvalue weighted by atomic mass is 10.1. The normalized spacial score (nSPS) is 17.2. The zero-order valence-corrected chi connectivity index (χ0v) is 13.6. The van der Waals surface area contributed by atoms with E-state index in [-0.39, 0.29) is 24.5 Å². The van der Waals surface area contributed by atoms with Crippen molar-refractivity contribution in [3.05, 3.63) is 41.7 Å². The van der Waals surface area contributed by atoms with E-state index < -0.39 is 0 Å². The molecule has 0 bridgehead atoms. The molecule has 0 unspecified atom stereocenters. The van der Waals surface area contributed by atoms with Gasteiger partial charge in [0.25, 0.3) is 5.89 Å². The molecular weight excluding hydrogens is 326 g/mol. The number of carbonyl (C=O) groups excluding carboxylic acids is 1. The van der Waals surface area contributed by atoms with Crippen LogP contribution in [0.4, 0.5) is 4.79 Å². The lowest BCUT2D eigenvalue weighted by Crippen LogP contribution is -2.39. The first-order valence-electron chi connectivity index (χ1n) is 8.05. The fourth-order valence-corrected chi connectivity index (χ4v) is 2.93. The largest absolute Gasteiger partial charge is 0.459 e. The third kappa shape index (κ3) is 3.12. The van der Waals surface area contributed by atoms with Crippen molar-refractivity contribution in [2.45, 2.75) is 32.4 Å². The number of nitrogens with zero attached hydrogens (tertiary/aromatic N) is 4. The fraction of sp³-hybridized carbons (Fsp3) is 0.375. The molecule has 1 aliphatic heterocycles. The van der Waals surface area contributed by atoms with Crippen LogP contribution in [0.25, 0.3) is 11.7 Å². The number of furan rings is 1. The summed E-state index contributed by atoms with van der Waals surface area (Å²) in [4.78, 5) is 18.4. The second kappa shape index (κ2) is 6.42. The number of aryl methyl sites for hydroxylation is 1. The summed E-state index contributed by atoms with van der Waals surface area (Å²) in [7, 11) is 0. The van der Waals surface area contributed by atoms with Crippen LogP contribution in [0.1, 0.15) is 36.2 Å². The van der Waals surface area contributed by atoms with Crippen LogP contribution < -0.4 is 5.32 Å². The van der Waals surface area contributed by atoms with Crippen molar-refractivity contribution in [3.63, 3.8) is 0 Å². The average Bonchev–Trinajstić information content (AvgIpc) is 3.38. The highest BCUT2D eigenvalue weighted by atomic mass is 16.5. The Morgan fingerprint density at radius 1 is 1.40 bits per heavy atom. The van der Waals surface area contributed by atoms with Gasteiger partial charge in [-0.2, -0.15) is 4.98 Å². The van der Waals surface area contributed by atoms with Gasteiger partial charge in [0.05, 0.1) is 24.5 Å². The minimum absolute atomic E-state index is 0.0925. The lowest BCUT2D eigenvalue weighted by molar-refractivity contribution is 0.181. The Morgan fingerprint density at radius 3 is 3.08 bits per heavy atom. The molecule has 3 aromatic heterocycles. The van der Waals surface area contributed by atoms with E-state index in [0.29, 0.717) is 23.9 Å². The van der Waals surface area contributed by atoms with Crippen molar-refractivity contribution in [1.29, 1.82) is 0 Å². The van der Waals surface area contributed by atoms with Crippen LogP contribution >= 0.6 is 0 Å². The third-order valence-electron chi connectivity index (χ3n) is 4.09. The minimum atomic E-state index is -0.194. The molecule has 4 rings (SSSR count). The average molecular weight is 343 g/mol. The summed E-state index contributed by atoms with van der Waals surface area (Å²) in [6.45, 7) is 2.70.